The number of carbonyl (C=O) groups excluding carboxylic acids is 1. The van der Waals surface area contributed by atoms with Crippen molar-refractivity contribution >= 4 is 17.7 Å². The molecule has 4 aromatic carbocycles. The van der Waals surface area contributed by atoms with Gasteiger partial charge in [0.1, 0.15) is 23.7 Å². The van der Waals surface area contributed by atoms with Gasteiger partial charge in [0.2, 0.25) is 0 Å². The molecule has 7 nitrogen and oxygen atoms in total. The van der Waals surface area contributed by atoms with Crippen LogP contribution in [-0.4, -0.2) is 36.0 Å². The fraction of sp³-hybridized carbons (Fsp3) is 0.100. The van der Waals surface area contributed by atoms with Gasteiger partial charge in [0.05, 0.1) is 11.3 Å². The lowest BCUT2D eigenvalue weighted by Gasteiger charge is -2.11. The Kier molecular flexibility index (Phi) is 8.29. The maximum atomic E-state index is 12.7. The molecule has 0 bridgehead atoms. The average Bonchev–Trinajstić information content (AvgIpc) is 2.93. The summed E-state index contributed by atoms with van der Waals surface area (Å²) < 4.78 is 11.1. The third kappa shape index (κ3) is 6.82. The standard InChI is InChI=1S/C30H25NO6/c1-21(22-8-4-2-5-9-22)31-36-19-18-35-26-16-17-27(29(32)33)28(20-26)37-30(34)25-14-12-24(13-15-25)23-10-6-3-7-11-23/h2-17,20H,18-19H2,1H3,(H,32,33)/b31-21+. The number of hydrogen-bond donors (Lipinski definition) is 1. The molecule has 37 heavy (non-hydrogen) atoms. The topological polar surface area (TPSA) is 94.4 Å². The molecule has 0 aliphatic carbocycles. The number of rotatable bonds is 10. The Morgan fingerprint density at radius 3 is 2.08 bits per heavy atom. The van der Waals surface area contributed by atoms with Crippen molar-refractivity contribution in [3.05, 3.63) is 120 Å². The van der Waals surface area contributed by atoms with Crippen molar-refractivity contribution in [2.75, 3.05) is 13.2 Å². The Morgan fingerprint density at radius 2 is 1.41 bits per heavy atom. The van der Waals surface area contributed by atoms with Crippen LogP contribution in [0.5, 0.6) is 11.5 Å². The van der Waals surface area contributed by atoms with E-state index in [1.54, 1.807) is 12.1 Å². The molecule has 1 N–H and O–H groups in total. The highest BCUT2D eigenvalue weighted by Crippen LogP contribution is 2.27. The largest absolute Gasteiger partial charge is 0.490 e. The Bertz CT molecular complexity index is 1380. The van der Waals surface area contributed by atoms with Crippen LogP contribution in [0.2, 0.25) is 0 Å². The normalized spacial score (nSPS) is 11.0. The summed E-state index contributed by atoms with van der Waals surface area (Å²) in [7, 11) is 0. The zero-order chi connectivity index (χ0) is 26.0. The van der Waals surface area contributed by atoms with Gasteiger partial charge < -0.3 is 19.4 Å². The molecule has 4 aromatic rings. The second-order valence-corrected chi connectivity index (χ2v) is 8.02. The van der Waals surface area contributed by atoms with Gasteiger partial charge in [-0.1, -0.05) is 78.0 Å². The van der Waals surface area contributed by atoms with Crippen molar-refractivity contribution in [3.8, 4) is 22.6 Å². The number of carbonyl (C=O) groups is 2. The number of esters is 1. The maximum Gasteiger partial charge on any atom is 0.343 e. The highest BCUT2D eigenvalue weighted by molar-refractivity contribution is 5.98. The predicted molar refractivity (Wildman–Crippen MR) is 140 cm³/mol. The zero-order valence-electron chi connectivity index (χ0n) is 20.2. The van der Waals surface area contributed by atoms with E-state index in [-0.39, 0.29) is 24.5 Å². The predicted octanol–water partition coefficient (Wildman–Crippen LogP) is 6.09. The number of carboxylic acid groups (broad SMARTS) is 1. The van der Waals surface area contributed by atoms with E-state index in [0.717, 1.165) is 22.4 Å². The molecule has 0 saturated heterocycles. The average molecular weight is 496 g/mol. The van der Waals surface area contributed by atoms with Crippen LogP contribution in [0.25, 0.3) is 11.1 Å². The molecule has 186 valence electrons. The van der Waals surface area contributed by atoms with Gasteiger partial charge in [-0.25, -0.2) is 9.59 Å². The SMILES string of the molecule is C/C(=N\OCCOc1ccc(C(=O)O)c(OC(=O)c2ccc(-c3ccccc3)cc2)c1)c1ccccc1. The first kappa shape index (κ1) is 25.2. The van der Waals surface area contributed by atoms with E-state index in [0.29, 0.717) is 11.3 Å². The molecule has 0 fully saturated rings. The Labute approximate surface area is 214 Å². The van der Waals surface area contributed by atoms with Gasteiger partial charge in [0.25, 0.3) is 0 Å². The van der Waals surface area contributed by atoms with Crippen LogP contribution in [-0.2, 0) is 4.84 Å². The van der Waals surface area contributed by atoms with E-state index in [2.05, 4.69) is 5.16 Å². The number of nitrogens with zero attached hydrogens (tertiary/aromatic N) is 1. The third-order valence-corrected chi connectivity index (χ3v) is 5.45. The van der Waals surface area contributed by atoms with Crippen molar-refractivity contribution in [3.63, 3.8) is 0 Å². The number of ether oxygens (including phenoxy) is 2. The molecule has 0 aliphatic rings. The van der Waals surface area contributed by atoms with Gasteiger partial charge >= 0.3 is 11.9 Å². The number of benzene rings is 4. The highest BCUT2D eigenvalue weighted by atomic mass is 16.6. The van der Waals surface area contributed by atoms with Crippen LogP contribution < -0.4 is 9.47 Å². The minimum atomic E-state index is -1.22. The fourth-order valence-corrected chi connectivity index (χ4v) is 3.51. The molecular weight excluding hydrogens is 470 g/mol. The summed E-state index contributed by atoms with van der Waals surface area (Å²) >= 11 is 0. The van der Waals surface area contributed by atoms with E-state index in [9.17, 15) is 14.7 Å². The molecule has 0 unspecified atom stereocenters. The van der Waals surface area contributed by atoms with Crippen LogP contribution in [0.4, 0.5) is 0 Å². The second kappa shape index (κ2) is 12.2. The lowest BCUT2D eigenvalue weighted by Crippen LogP contribution is -2.12. The molecule has 0 aliphatic heterocycles. The van der Waals surface area contributed by atoms with Crippen LogP contribution >= 0.6 is 0 Å². The smallest absolute Gasteiger partial charge is 0.343 e. The zero-order valence-corrected chi connectivity index (χ0v) is 20.2. The first-order valence-electron chi connectivity index (χ1n) is 11.6. The summed E-state index contributed by atoms with van der Waals surface area (Å²) in [6.07, 6.45) is 0. The van der Waals surface area contributed by atoms with E-state index < -0.39 is 11.9 Å². The summed E-state index contributed by atoms with van der Waals surface area (Å²) in [5.74, 6) is -1.67. The van der Waals surface area contributed by atoms with Crippen molar-refractivity contribution in [1.82, 2.24) is 0 Å². The number of hydrogen-bond acceptors (Lipinski definition) is 6. The maximum absolute atomic E-state index is 12.7. The minimum absolute atomic E-state index is 0.110. The van der Waals surface area contributed by atoms with E-state index in [1.807, 2.05) is 79.7 Å². The molecule has 0 atom stereocenters. The second-order valence-electron chi connectivity index (χ2n) is 8.02. The quantitative estimate of drug-likeness (QED) is 0.0941. The number of aromatic carboxylic acids is 1. The van der Waals surface area contributed by atoms with E-state index >= 15 is 0 Å². The number of carboxylic acids is 1. The summed E-state index contributed by atoms with van der Waals surface area (Å²) in [5, 5.41) is 13.6. The van der Waals surface area contributed by atoms with Gasteiger partial charge in [0.15, 0.2) is 6.61 Å². The first-order chi connectivity index (χ1) is 18.0. The Balaban J connectivity index is 1.38. The summed E-state index contributed by atoms with van der Waals surface area (Å²) in [5.41, 5.74) is 3.80. The molecule has 0 spiro atoms. The molecule has 7 heteroatoms. The van der Waals surface area contributed by atoms with Crippen LogP contribution in [0.1, 0.15) is 33.2 Å². The molecule has 4 rings (SSSR count). The van der Waals surface area contributed by atoms with E-state index in [4.69, 9.17) is 14.3 Å². The van der Waals surface area contributed by atoms with Crippen molar-refractivity contribution < 1.29 is 29.0 Å². The number of oxime groups is 1. The summed E-state index contributed by atoms with van der Waals surface area (Å²) in [6, 6.07) is 30.5. The lowest BCUT2D eigenvalue weighted by molar-refractivity contribution is 0.0680. The molecule has 0 amide bonds. The van der Waals surface area contributed by atoms with Gasteiger partial charge in [-0.2, -0.15) is 0 Å². The third-order valence-electron chi connectivity index (χ3n) is 5.45. The van der Waals surface area contributed by atoms with Gasteiger partial charge in [0, 0.05) is 6.07 Å². The van der Waals surface area contributed by atoms with Crippen molar-refractivity contribution in [1.29, 1.82) is 0 Å². The Morgan fingerprint density at radius 1 is 0.757 bits per heavy atom. The monoisotopic (exact) mass is 495 g/mol. The minimum Gasteiger partial charge on any atom is -0.490 e. The summed E-state index contributed by atoms with van der Waals surface area (Å²) in [6.45, 7) is 2.18. The van der Waals surface area contributed by atoms with Gasteiger partial charge in [-0.3, -0.25) is 0 Å². The highest BCUT2D eigenvalue weighted by Gasteiger charge is 2.17. The first-order valence-corrected chi connectivity index (χ1v) is 11.6. The lowest BCUT2D eigenvalue weighted by atomic mass is 10.0. The van der Waals surface area contributed by atoms with Gasteiger partial charge in [-0.15, -0.1) is 0 Å². The molecule has 0 aromatic heterocycles. The van der Waals surface area contributed by atoms with Crippen LogP contribution in [0.15, 0.2) is 108 Å². The van der Waals surface area contributed by atoms with Crippen LogP contribution in [0.3, 0.4) is 0 Å². The van der Waals surface area contributed by atoms with E-state index in [1.165, 1.54) is 18.2 Å². The molecule has 0 heterocycles. The van der Waals surface area contributed by atoms with Crippen LogP contribution in [0, 0.1) is 0 Å². The Hall–Kier alpha value is -4.91. The molecular formula is C30H25NO6. The summed E-state index contributed by atoms with van der Waals surface area (Å²) in [4.78, 5) is 29.7. The molecule has 0 saturated carbocycles. The van der Waals surface area contributed by atoms with Crippen molar-refractivity contribution in [2.45, 2.75) is 6.92 Å². The fourth-order valence-electron chi connectivity index (χ4n) is 3.51. The van der Waals surface area contributed by atoms with Gasteiger partial charge in [-0.05, 0) is 47.9 Å². The van der Waals surface area contributed by atoms with Crippen molar-refractivity contribution in [2.24, 2.45) is 5.16 Å². The molecule has 0 radical (unpaired) electrons.